The van der Waals surface area contributed by atoms with Gasteiger partial charge in [0.2, 0.25) is 0 Å². The van der Waals surface area contributed by atoms with E-state index in [1.54, 1.807) is 24.7 Å². The number of fused-ring (bicyclic) bond motifs is 3. The van der Waals surface area contributed by atoms with E-state index in [2.05, 4.69) is 55.1 Å². The average Bonchev–Trinajstić information content (AvgIpc) is 3.65. The highest BCUT2D eigenvalue weighted by atomic mass is 16.6. The maximum Gasteiger partial charge on any atom is 0.320 e. The van der Waals surface area contributed by atoms with Crippen LogP contribution in [0, 0.1) is 30.9 Å². The molecule has 6 aromatic rings. The van der Waals surface area contributed by atoms with Crippen LogP contribution in [0.15, 0.2) is 73.2 Å². The van der Waals surface area contributed by atoms with Crippen molar-refractivity contribution in [1.82, 2.24) is 13.7 Å². The second kappa shape index (κ2) is 14.5. The molecule has 6 N–H and O–H groups in total. The topological polar surface area (TPSA) is 185 Å². The Morgan fingerprint density at radius 1 is 0.729 bits per heavy atom. The van der Waals surface area contributed by atoms with Gasteiger partial charge < -0.3 is 35.4 Å². The third kappa shape index (κ3) is 7.91. The smallest absolute Gasteiger partial charge is 0.320 e. The number of carboxylic acid groups (broad SMARTS) is 2. The summed E-state index contributed by atoms with van der Waals surface area (Å²) in [5, 5.41) is 31.8. The molecule has 0 spiro atoms. The normalized spacial score (nSPS) is 12.2. The molecule has 0 fully saturated rings. The molecule has 3 heterocycles. The molecule has 3 aromatic carbocycles. The average molecular weight is 655 g/mol. The molecule has 6 rings (SSSR count). The van der Waals surface area contributed by atoms with Crippen LogP contribution < -0.4 is 11.5 Å². The Kier molecular flexibility index (Phi) is 10.7. The van der Waals surface area contributed by atoms with Gasteiger partial charge in [0.05, 0.1) is 15.8 Å². The fourth-order valence-electron chi connectivity index (χ4n) is 5.78. The molecular weight excluding hydrogens is 612 g/mol. The van der Waals surface area contributed by atoms with Crippen molar-refractivity contribution in [2.24, 2.45) is 32.6 Å². The van der Waals surface area contributed by atoms with Gasteiger partial charge in [0.15, 0.2) is 0 Å². The molecule has 2 unspecified atom stereocenters. The number of aryl methyl sites for hydroxylation is 6. The first kappa shape index (κ1) is 35.4. The molecule has 48 heavy (non-hydrogen) atoms. The number of carboxylic acids is 2. The van der Waals surface area contributed by atoms with Crippen LogP contribution >= 0.6 is 0 Å². The number of nitrogens with zero attached hydrogens (tertiary/aromatic N) is 4. The van der Waals surface area contributed by atoms with Gasteiger partial charge in [-0.3, -0.25) is 19.7 Å². The number of nitro benzene ring substituents is 1. The number of rotatable bonds is 7. The van der Waals surface area contributed by atoms with Crippen LogP contribution in [0.4, 0.5) is 5.69 Å². The van der Waals surface area contributed by atoms with Crippen LogP contribution in [-0.4, -0.2) is 52.9 Å². The zero-order valence-electron chi connectivity index (χ0n) is 28.0. The SMILES string of the molecule is Cc1cc([N+](=O)[O-])c2c(CC(N)C(=O)O)cn(C)c2c1.Cc1ccc2c(CC(N)C(=O)O)cn(C)c2c1.Cc1ccc2ccn(C)c2c1. The van der Waals surface area contributed by atoms with E-state index in [9.17, 15) is 19.7 Å². The second-order valence-electron chi connectivity index (χ2n) is 12.3. The number of nitrogens with two attached hydrogens (primary N) is 2. The number of hydrogen-bond donors (Lipinski definition) is 4. The van der Waals surface area contributed by atoms with Crippen molar-refractivity contribution < 1.29 is 24.7 Å². The molecule has 3 aromatic heterocycles. The number of non-ortho nitro benzene ring substituents is 1. The van der Waals surface area contributed by atoms with Crippen molar-refractivity contribution in [2.75, 3.05) is 0 Å². The Balaban J connectivity index is 0.000000169. The summed E-state index contributed by atoms with van der Waals surface area (Å²) < 4.78 is 5.90. The summed E-state index contributed by atoms with van der Waals surface area (Å²) in [7, 11) is 5.79. The first-order valence-corrected chi connectivity index (χ1v) is 15.3. The lowest BCUT2D eigenvalue weighted by molar-refractivity contribution is -0.383. The summed E-state index contributed by atoms with van der Waals surface area (Å²) in [5.41, 5.74) is 19.0. The van der Waals surface area contributed by atoms with Crippen molar-refractivity contribution in [3.8, 4) is 0 Å². The lowest BCUT2D eigenvalue weighted by Crippen LogP contribution is -2.32. The third-order valence-corrected chi connectivity index (χ3v) is 8.27. The van der Waals surface area contributed by atoms with E-state index in [0.29, 0.717) is 22.9 Å². The number of aliphatic carboxylic acids is 2. The molecule has 252 valence electrons. The van der Waals surface area contributed by atoms with Gasteiger partial charge in [-0.2, -0.15) is 0 Å². The predicted octanol–water partition coefficient (Wildman–Crippen LogP) is 5.28. The fourth-order valence-corrected chi connectivity index (χ4v) is 5.78. The third-order valence-electron chi connectivity index (χ3n) is 8.27. The standard InChI is InChI=1S/C13H15N3O4.C13H16N2O2.C10H11N/c1-7-3-10-12(11(4-7)16(19)20)8(6-15(10)2)5-9(14)13(17)18;1-8-3-4-10-9(6-11(14)13(16)17)7-15(2)12(10)5-8;1-8-3-4-9-5-6-11(2)10(9)7-8/h3-4,6,9H,5,14H2,1-2H3,(H,17,18);3-5,7,11H,6,14H2,1-2H3,(H,16,17);3-7H,1-2H3. The van der Waals surface area contributed by atoms with Crippen LogP contribution in [0.5, 0.6) is 0 Å². The van der Waals surface area contributed by atoms with Crippen LogP contribution in [0.3, 0.4) is 0 Å². The maximum atomic E-state index is 11.2. The van der Waals surface area contributed by atoms with Gasteiger partial charge >= 0.3 is 11.9 Å². The van der Waals surface area contributed by atoms with Crippen LogP contribution in [0.1, 0.15) is 27.8 Å². The summed E-state index contributed by atoms with van der Waals surface area (Å²) in [5.74, 6) is -2.09. The number of benzene rings is 3. The minimum atomic E-state index is -1.13. The summed E-state index contributed by atoms with van der Waals surface area (Å²) in [6.45, 7) is 5.93. The molecule has 0 bridgehead atoms. The summed E-state index contributed by atoms with van der Waals surface area (Å²) in [6.07, 6.45) is 6.14. The first-order valence-electron chi connectivity index (χ1n) is 15.3. The lowest BCUT2D eigenvalue weighted by atomic mass is 10.0. The lowest BCUT2D eigenvalue weighted by Gasteiger charge is -2.05. The van der Waals surface area contributed by atoms with Crippen molar-refractivity contribution in [1.29, 1.82) is 0 Å². The Bertz CT molecular complexity index is 2140. The highest BCUT2D eigenvalue weighted by molar-refractivity contribution is 5.93. The molecule has 0 amide bonds. The number of nitro groups is 1. The van der Waals surface area contributed by atoms with Crippen molar-refractivity contribution >= 4 is 50.3 Å². The van der Waals surface area contributed by atoms with E-state index in [-0.39, 0.29) is 12.1 Å². The molecule has 0 aliphatic rings. The minimum absolute atomic E-state index is 0.0202. The van der Waals surface area contributed by atoms with Crippen LogP contribution in [0.25, 0.3) is 32.7 Å². The summed E-state index contributed by atoms with van der Waals surface area (Å²) in [6, 6.07) is 16.2. The summed E-state index contributed by atoms with van der Waals surface area (Å²) in [4.78, 5) is 32.4. The van der Waals surface area contributed by atoms with E-state index in [1.165, 1.54) is 28.1 Å². The molecule has 12 nitrogen and oxygen atoms in total. The monoisotopic (exact) mass is 654 g/mol. The van der Waals surface area contributed by atoms with Crippen LogP contribution in [0.2, 0.25) is 0 Å². The molecule has 2 atom stereocenters. The molecule has 0 saturated carbocycles. The van der Waals surface area contributed by atoms with Crippen molar-refractivity contribution in [3.63, 3.8) is 0 Å². The minimum Gasteiger partial charge on any atom is -0.480 e. The fraction of sp³-hybridized carbons (Fsp3) is 0.278. The Hall–Kier alpha value is -5.46. The Labute approximate surface area is 277 Å². The molecule has 0 radical (unpaired) electrons. The van der Waals surface area contributed by atoms with Gasteiger partial charge in [0, 0.05) is 75.1 Å². The van der Waals surface area contributed by atoms with Gasteiger partial charge in [-0.25, -0.2) is 0 Å². The van der Waals surface area contributed by atoms with E-state index >= 15 is 0 Å². The van der Waals surface area contributed by atoms with Gasteiger partial charge in [-0.05, 0) is 78.2 Å². The number of carbonyl (C=O) groups is 2. The molecular formula is C36H42N6O6. The molecule has 0 saturated heterocycles. The van der Waals surface area contributed by atoms with Crippen LogP contribution in [-0.2, 0) is 43.6 Å². The largest absolute Gasteiger partial charge is 0.480 e. The first-order chi connectivity index (χ1) is 22.6. The van der Waals surface area contributed by atoms with E-state index in [4.69, 9.17) is 21.7 Å². The molecule has 0 aliphatic carbocycles. The highest BCUT2D eigenvalue weighted by Gasteiger charge is 2.22. The zero-order chi connectivity index (χ0) is 35.4. The molecule has 12 heteroatoms. The zero-order valence-corrected chi connectivity index (χ0v) is 28.0. The number of aromatic nitrogens is 3. The van der Waals surface area contributed by atoms with Gasteiger partial charge in [-0.1, -0.05) is 24.3 Å². The van der Waals surface area contributed by atoms with E-state index in [0.717, 1.165) is 22.0 Å². The van der Waals surface area contributed by atoms with Gasteiger partial charge in [0.1, 0.15) is 12.1 Å². The Morgan fingerprint density at radius 3 is 1.85 bits per heavy atom. The Morgan fingerprint density at radius 2 is 1.25 bits per heavy atom. The number of hydrogen-bond acceptors (Lipinski definition) is 6. The van der Waals surface area contributed by atoms with Crippen molar-refractivity contribution in [3.05, 3.63) is 111 Å². The van der Waals surface area contributed by atoms with Gasteiger partial charge in [-0.15, -0.1) is 0 Å². The quantitative estimate of drug-likeness (QED) is 0.132. The molecule has 0 aliphatic heterocycles. The van der Waals surface area contributed by atoms with E-state index < -0.39 is 28.9 Å². The summed E-state index contributed by atoms with van der Waals surface area (Å²) >= 11 is 0. The second-order valence-corrected chi connectivity index (χ2v) is 12.3. The highest BCUT2D eigenvalue weighted by Crippen LogP contribution is 2.32. The van der Waals surface area contributed by atoms with Gasteiger partial charge in [0.25, 0.3) is 5.69 Å². The van der Waals surface area contributed by atoms with Crippen molar-refractivity contribution in [2.45, 2.75) is 45.7 Å². The maximum absolute atomic E-state index is 11.2. The van der Waals surface area contributed by atoms with E-state index in [1.807, 2.05) is 42.9 Å². The predicted molar refractivity (Wildman–Crippen MR) is 188 cm³/mol.